The number of methoxy groups -OCH3 is 1. The van der Waals surface area contributed by atoms with Crippen LogP contribution in [0.15, 0.2) is 71.3 Å². The second-order valence-electron chi connectivity index (χ2n) is 6.52. The molecule has 0 radical (unpaired) electrons. The van der Waals surface area contributed by atoms with Crippen LogP contribution in [0.4, 0.5) is 11.4 Å². The number of quaternary nitrogens is 1. The maximum atomic E-state index is 12.7. The second kappa shape index (κ2) is 9.57. The minimum Gasteiger partial charge on any atom is -0.497 e. The number of carbonyl (C=O) groups excluding carboxylic acids is 2. The van der Waals surface area contributed by atoms with Gasteiger partial charge in [-0.05, 0) is 55.5 Å². The quantitative estimate of drug-likeness (QED) is 0.547. The minimum absolute atomic E-state index is 0.0179. The smallest absolute Gasteiger partial charge is 0.279 e. The summed E-state index contributed by atoms with van der Waals surface area (Å²) in [6.45, 7) is 2.17. The Morgan fingerprint density at radius 3 is 2.48 bits per heavy atom. The van der Waals surface area contributed by atoms with Crippen molar-refractivity contribution in [2.45, 2.75) is 13.0 Å². The number of nitrogens with two attached hydrogens (primary N) is 1. The fourth-order valence-electron chi connectivity index (χ4n) is 2.81. The van der Waals surface area contributed by atoms with E-state index in [1.807, 2.05) is 24.4 Å². The number of furan rings is 1. The molecular weight excluding hydrogens is 370 g/mol. The van der Waals surface area contributed by atoms with Crippen LogP contribution >= 0.6 is 0 Å². The van der Waals surface area contributed by atoms with E-state index in [4.69, 9.17) is 9.15 Å². The van der Waals surface area contributed by atoms with E-state index in [1.54, 1.807) is 61.9 Å². The fourth-order valence-corrected chi connectivity index (χ4v) is 2.81. The summed E-state index contributed by atoms with van der Waals surface area (Å²) < 4.78 is 10.5. The van der Waals surface area contributed by atoms with Crippen LogP contribution in [0.2, 0.25) is 0 Å². The molecule has 1 heterocycles. The number of para-hydroxylation sites is 1. The maximum Gasteiger partial charge on any atom is 0.279 e. The van der Waals surface area contributed by atoms with Crippen LogP contribution < -0.4 is 20.7 Å². The summed E-state index contributed by atoms with van der Waals surface area (Å²) >= 11 is 0. The monoisotopic (exact) mass is 394 g/mol. The van der Waals surface area contributed by atoms with Gasteiger partial charge in [0.05, 0.1) is 24.6 Å². The normalized spacial score (nSPS) is 11.5. The SMILES string of the molecule is COc1ccc(NC(=O)c2ccccc2NC(=O)C[NH2+][C@@H](C)c2ccco2)cc1. The Kier molecular flexibility index (Phi) is 6.65. The van der Waals surface area contributed by atoms with Crippen molar-refractivity contribution in [1.82, 2.24) is 0 Å². The van der Waals surface area contributed by atoms with E-state index in [1.165, 1.54) is 0 Å². The van der Waals surface area contributed by atoms with Crippen molar-refractivity contribution in [1.29, 1.82) is 0 Å². The lowest BCUT2D eigenvalue weighted by atomic mass is 10.1. The number of amides is 2. The van der Waals surface area contributed by atoms with Gasteiger partial charge < -0.3 is 25.1 Å². The molecule has 0 unspecified atom stereocenters. The zero-order chi connectivity index (χ0) is 20.6. The molecule has 150 valence electrons. The number of rotatable bonds is 8. The van der Waals surface area contributed by atoms with Crippen LogP contribution in [0.1, 0.15) is 29.1 Å². The number of nitrogens with one attached hydrogen (secondary N) is 2. The Bertz CT molecular complexity index is 952. The third-order valence-electron chi connectivity index (χ3n) is 4.44. The standard InChI is InChI=1S/C22H23N3O4/c1-15(20-8-5-13-29-20)23-14-21(26)25-19-7-4-3-6-18(19)22(27)24-16-9-11-17(28-2)12-10-16/h3-13,15,23H,14H2,1-2H3,(H,24,27)(H,25,26)/p+1/t15-/m0/s1. The fraction of sp³-hybridized carbons (Fsp3) is 0.182. The third kappa shape index (κ3) is 5.46. The lowest BCUT2D eigenvalue weighted by molar-refractivity contribution is -0.684. The van der Waals surface area contributed by atoms with Crippen molar-refractivity contribution in [3.05, 3.63) is 78.3 Å². The largest absolute Gasteiger partial charge is 0.497 e. The first-order valence-electron chi connectivity index (χ1n) is 9.28. The zero-order valence-electron chi connectivity index (χ0n) is 16.3. The number of hydrogen-bond donors (Lipinski definition) is 3. The van der Waals surface area contributed by atoms with Gasteiger partial charge >= 0.3 is 0 Å². The molecule has 2 aromatic carbocycles. The average molecular weight is 394 g/mol. The predicted molar refractivity (Wildman–Crippen MR) is 110 cm³/mol. The molecule has 4 N–H and O–H groups in total. The highest BCUT2D eigenvalue weighted by molar-refractivity contribution is 6.10. The van der Waals surface area contributed by atoms with Crippen molar-refractivity contribution in [2.75, 3.05) is 24.3 Å². The van der Waals surface area contributed by atoms with Crippen LogP contribution in [0.25, 0.3) is 0 Å². The van der Waals surface area contributed by atoms with Gasteiger partial charge in [-0.1, -0.05) is 12.1 Å². The Labute approximate surface area is 169 Å². The maximum absolute atomic E-state index is 12.7. The molecule has 0 aliphatic carbocycles. The number of hydrogen-bond acceptors (Lipinski definition) is 4. The van der Waals surface area contributed by atoms with Crippen molar-refractivity contribution in [3.8, 4) is 5.75 Å². The van der Waals surface area contributed by atoms with Gasteiger partial charge in [0.15, 0.2) is 12.3 Å². The molecule has 0 spiro atoms. The lowest BCUT2D eigenvalue weighted by Crippen LogP contribution is -2.86. The molecule has 7 nitrogen and oxygen atoms in total. The summed E-state index contributed by atoms with van der Waals surface area (Å²) in [6, 6.07) is 17.6. The Hall–Kier alpha value is -3.58. The van der Waals surface area contributed by atoms with Crippen LogP contribution in [-0.2, 0) is 4.79 Å². The zero-order valence-corrected chi connectivity index (χ0v) is 16.3. The molecule has 0 saturated carbocycles. The molecule has 3 aromatic rings. The molecule has 1 aromatic heterocycles. The van der Waals surface area contributed by atoms with Gasteiger partial charge in [-0.3, -0.25) is 9.59 Å². The number of ether oxygens (including phenoxy) is 1. The first-order valence-corrected chi connectivity index (χ1v) is 9.28. The molecule has 2 amide bonds. The summed E-state index contributed by atoms with van der Waals surface area (Å²) in [6.07, 6.45) is 1.61. The van der Waals surface area contributed by atoms with E-state index in [-0.39, 0.29) is 24.4 Å². The Balaban J connectivity index is 1.61. The van der Waals surface area contributed by atoms with Gasteiger partial charge in [-0.25, -0.2) is 0 Å². The Morgan fingerprint density at radius 2 is 1.79 bits per heavy atom. The molecule has 1 atom stereocenters. The predicted octanol–water partition coefficient (Wildman–Crippen LogP) is 2.80. The van der Waals surface area contributed by atoms with E-state index in [0.717, 1.165) is 5.76 Å². The second-order valence-corrected chi connectivity index (χ2v) is 6.52. The number of benzene rings is 2. The summed E-state index contributed by atoms with van der Waals surface area (Å²) in [5.74, 6) is 1.000. The highest BCUT2D eigenvalue weighted by Gasteiger charge is 2.16. The third-order valence-corrected chi connectivity index (χ3v) is 4.44. The first kappa shape index (κ1) is 20.2. The molecular formula is C22H24N3O4+. The van der Waals surface area contributed by atoms with Crippen molar-refractivity contribution < 1.29 is 24.1 Å². The number of carbonyl (C=O) groups is 2. The van der Waals surface area contributed by atoms with Gasteiger partial charge in [-0.2, -0.15) is 0 Å². The van der Waals surface area contributed by atoms with Gasteiger partial charge in [0, 0.05) is 5.69 Å². The van der Waals surface area contributed by atoms with E-state index in [0.29, 0.717) is 22.7 Å². The molecule has 0 bridgehead atoms. The first-order chi connectivity index (χ1) is 14.1. The molecule has 0 saturated heterocycles. The van der Waals surface area contributed by atoms with E-state index in [9.17, 15) is 9.59 Å². The molecule has 3 rings (SSSR count). The lowest BCUT2D eigenvalue weighted by Gasteiger charge is -2.12. The minimum atomic E-state index is -0.306. The van der Waals surface area contributed by atoms with Gasteiger partial charge in [0.25, 0.3) is 11.8 Å². The van der Waals surface area contributed by atoms with Crippen molar-refractivity contribution in [2.24, 2.45) is 0 Å². The van der Waals surface area contributed by atoms with Gasteiger partial charge in [0.1, 0.15) is 11.8 Å². The van der Waals surface area contributed by atoms with Gasteiger partial charge in [0.2, 0.25) is 0 Å². The number of anilines is 2. The van der Waals surface area contributed by atoms with Crippen LogP contribution in [0.5, 0.6) is 5.75 Å². The summed E-state index contributed by atoms with van der Waals surface area (Å²) in [4.78, 5) is 25.1. The highest BCUT2D eigenvalue weighted by Crippen LogP contribution is 2.19. The highest BCUT2D eigenvalue weighted by atomic mass is 16.5. The molecule has 7 heteroatoms. The molecule has 29 heavy (non-hydrogen) atoms. The summed E-state index contributed by atoms with van der Waals surface area (Å²) in [7, 11) is 1.58. The van der Waals surface area contributed by atoms with Crippen molar-refractivity contribution in [3.63, 3.8) is 0 Å². The van der Waals surface area contributed by atoms with E-state index < -0.39 is 0 Å². The topological polar surface area (TPSA) is 97.2 Å². The van der Waals surface area contributed by atoms with E-state index >= 15 is 0 Å². The molecule has 0 fully saturated rings. The van der Waals surface area contributed by atoms with Crippen LogP contribution in [0, 0.1) is 0 Å². The van der Waals surface area contributed by atoms with E-state index in [2.05, 4.69) is 10.6 Å². The molecule has 0 aliphatic rings. The summed E-state index contributed by atoms with van der Waals surface area (Å²) in [5, 5.41) is 7.51. The summed E-state index contributed by atoms with van der Waals surface area (Å²) in [5.41, 5.74) is 1.48. The Morgan fingerprint density at radius 1 is 1.03 bits per heavy atom. The average Bonchev–Trinajstić information content (AvgIpc) is 3.28. The molecule has 0 aliphatic heterocycles. The van der Waals surface area contributed by atoms with Crippen LogP contribution in [-0.4, -0.2) is 25.5 Å². The van der Waals surface area contributed by atoms with Gasteiger partial charge in [-0.15, -0.1) is 0 Å². The van der Waals surface area contributed by atoms with Crippen LogP contribution in [0.3, 0.4) is 0 Å². The van der Waals surface area contributed by atoms with Crippen molar-refractivity contribution >= 4 is 23.2 Å².